The van der Waals surface area contributed by atoms with Crippen LogP contribution in [-0.4, -0.2) is 40.5 Å². The largest absolute Gasteiger partial charge is 0.469 e. The van der Waals surface area contributed by atoms with Crippen LogP contribution in [-0.2, 0) is 31.1 Å². The lowest BCUT2D eigenvalue weighted by molar-refractivity contribution is -0.142. The molecule has 0 radical (unpaired) electrons. The Balaban J connectivity index is 2.03. The molecule has 0 aliphatic rings. The highest BCUT2D eigenvalue weighted by atomic mass is 19.1. The quantitative estimate of drug-likeness (QED) is 0.542. The number of carbonyl (C=O) groups excluding carboxylic acids is 3. The van der Waals surface area contributed by atoms with Crippen molar-refractivity contribution < 1.29 is 27.9 Å². The van der Waals surface area contributed by atoms with E-state index in [2.05, 4.69) is 15.6 Å². The minimum absolute atomic E-state index is 0.114. The van der Waals surface area contributed by atoms with Gasteiger partial charge in [-0.2, -0.15) is 0 Å². The molecule has 0 bridgehead atoms. The molecule has 1 atom stereocenters. The fraction of sp³-hybridized carbons (Fsp3) is 0.455. The minimum Gasteiger partial charge on any atom is -0.469 e. The van der Waals surface area contributed by atoms with Crippen LogP contribution in [0.4, 0.5) is 14.6 Å². The van der Waals surface area contributed by atoms with E-state index < -0.39 is 35.0 Å². The van der Waals surface area contributed by atoms with Crippen molar-refractivity contribution in [1.82, 2.24) is 14.9 Å². The number of hydrogen-bond acceptors (Lipinski definition) is 5. The highest BCUT2D eigenvalue weighted by Gasteiger charge is 2.26. The molecule has 2 rings (SSSR count). The van der Waals surface area contributed by atoms with Gasteiger partial charge in [-0.1, -0.05) is 13.3 Å². The number of anilines is 1. The van der Waals surface area contributed by atoms with Crippen LogP contribution in [0.15, 0.2) is 30.7 Å². The predicted molar refractivity (Wildman–Crippen MR) is 114 cm³/mol. The number of aromatic nitrogens is 2. The molecule has 10 heteroatoms. The third-order valence-corrected chi connectivity index (χ3v) is 4.85. The summed E-state index contributed by atoms with van der Waals surface area (Å²) in [6.45, 7) is 5.51. The van der Waals surface area contributed by atoms with E-state index in [0.29, 0.717) is 12.8 Å². The predicted octanol–water partition coefficient (Wildman–Crippen LogP) is 2.93. The average molecular weight is 450 g/mol. The number of hydrogen-bond donors (Lipinski definition) is 2. The van der Waals surface area contributed by atoms with Gasteiger partial charge in [0.1, 0.15) is 17.7 Å². The Morgan fingerprint density at radius 1 is 1.19 bits per heavy atom. The highest BCUT2D eigenvalue weighted by Crippen LogP contribution is 2.22. The molecule has 32 heavy (non-hydrogen) atoms. The van der Waals surface area contributed by atoms with E-state index in [4.69, 9.17) is 4.74 Å². The van der Waals surface area contributed by atoms with Gasteiger partial charge in [0, 0.05) is 12.3 Å². The number of methoxy groups -OCH3 is 1. The van der Waals surface area contributed by atoms with Crippen LogP contribution in [0.5, 0.6) is 0 Å². The average Bonchev–Trinajstić information content (AvgIpc) is 3.15. The Labute approximate surface area is 185 Å². The molecular weight excluding hydrogens is 422 g/mol. The number of esters is 1. The number of halogens is 2. The Bertz CT molecular complexity index is 954. The van der Waals surface area contributed by atoms with E-state index in [-0.39, 0.29) is 30.2 Å². The maximum absolute atomic E-state index is 13.3. The van der Waals surface area contributed by atoms with Gasteiger partial charge in [0.15, 0.2) is 5.82 Å². The van der Waals surface area contributed by atoms with Gasteiger partial charge >= 0.3 is 5.97 Å². The lowest BCUT2D eigenvalue weighted by Crippen LogP contribution is -2.44. The fourth-order valence-electron chi connectivity index (χ4n) is 3.15. The highest BCUT2D eigenvalue weighted by molar-refractivity contribution is 5.96. The zero-order chi connectivity index (χ0) is 23.9. The Morgan fingerprint density at radius 2 is 1.84 bits per heavy atom. The van der Waals surface area contributed by atoms with Gasteiger partial charge in [0.05, 0.1) is 31.8 Å². The summed E-state index contributed by atoms with van der Waals surface area (Å²) < 4.78 is 33.1. The van der Waals surface area contributed by atoms with E-state index in [0.717, 1.165) is 18.2 Å². The molecule has 1 aromatic heterocycles. The summed E-state index contributed by atoms with van der Waals surface area (Å²) in [6.07, 6.45) is 3.91. The molecule has 0 spiro atoms. The van der Waals surface area contributed by atoms with Crippen LogP contribution in [0.2, 0.25) is 0 Å². The number of rotatable bonds is 10. The van der Waals surface area contributed by atoms with Crippen molar-refractivity contribution in [1.29, 1.82) is 0 Å². The molecule has 2 aromatic rings. The van der Waals surface area contributed by atoms with Crippen molar-refractivity contribution in [2.75, 3.05) is 12.4 Å². The van der Waals surface area contributed by atoms with Crippen LogP contribution in [0, 0.1) is 11.6 Å². The molecule has 8 nitrogen and oxygen atoms in total. The number of ether oxygens (including phenoxy) is 1. The standard InChI is InChI=1S/C22H28F2N4O4/c1-5-6-17(26-19(29)9-14-7-15(23)10-16(24)8-14)21(31)27-18-12-28(13-25-18)22(2,3)11-20(30)32-4/h7-8,10,12-13,17H,5-6,9,11H2,1-4H3,(H,26,29)(H,27,31). The first-order valence-electron chi connectivity index (χ1n) is 10.2. The fourth-order valence-corrected chi connectivity index (χ4v) is 3.15. The second-order valence-electron chi connectivity index (χ2n) is 8.08. The molecule has 2 amide bonds. The van der Waals surface area contributed by atoms with Crippen LogP contribution in [0.1, 0.15) is 45.6 Å². The summed E-state index contributed by atoms with van der Waals surface area (Å²) in [4.78, 5) is 40.8. The summed E-state index contributed by atoms with van der Waals surface area (Å²) in [5, 5.41) is 5.26. The van der Waals surface area contributed by atoms with Gasteiger partial charge in [0.2, 0.25) is 11.8 Å². The monoisotopic (exact) mass is 450 g/mol. The number of imidazole rings is 1. The Hall–Kier alpha value is -3.30. The molecule has 0 aliphatic carbocycles. The summed E-state index contributed by atoms with van der Waals surface area (Å²) in [7, 11) is 1.31. The second-order valence-corrected chi connectivity index (χ2v) is 8.08. The van der Waals surface area contributed by atoms with Gasteiger partial charge in [0.25, 0.3) is 0 Å². The third-order valence-electron chi connectivity index (χ3n) is 4.85. The van der Waals surface area contributed by atoms with Crippen molar-refractivity contribution in [3.8, 4) is 0 Å². The lowest BCUT2D eigenvalue weighted by Gasteiger charge is -2.24. The van der Waals surface area contributed by atoms with Crippen molar-refractivity contribution >= 4 is 23.6 Å². The molecule has 0 fully saturated rings. The maximum Gasteiger partial charge on any atom is 0.307 e. The molecule has 1 heterocycles. The van der Waals surface area contributed by atoms with Gasteiger partial charge in [-0.3, -0.25) is 14.4 Å². The van der Waals surface area contributed by atoms with Crippen molar-refractivity contribution in [3.63, 3.8) is 0 Å². The van der Waals surface area contributed by atoms with Crippen molar-refractivity contribution in [2.24, 2.45) is 0 Å². The number of nitrogens with one attached hydrogen (secondary N) is 2. The molecule has 1 unspecified atom stereocenters. The Kier molecular flexibility index (Phi) is 8.45. The van der Waals surface area contributed by atoms with Gasteiger partial charge in [-0.05, 0) is 38.0 Å². The van der Waals surface area contributed by atoms with Crippen molar-refractivity contribution in [2.45, 2.75) is 58.0 Å². The first-order valence-corrected chi connectivity index (χ1v) is 10.2. The summed E-state index contributed by atoms with van der Waals surface area (Å²) in [5.41, 5.74) is -0.456. The SMILES string of the molecule is CCCC(NC(=O)Cc1cc(F)cc(F)c1)C(=O)Nc1cn(C(C)(C)CC(=O)OC)cn1. The van der Waals surface area contributed by atoms with Crippen molar-refractivity contribution in [3.05, 3.63) is 47.9 Å². The van der Waals surface area contributed by atoms with E-state index in [1.807, 2.05) is 20.8 Å². The minimum atomic E-state index is -0.848. The summed E-state index contributed by atoms with van der Waals surface area (Å²) >= 11 is 0. The van der Waals surface area contributed by atoms with Gasteiger partial charge < -0.3 is 19.9 Å². The van der Waals surface area contributed by atoms with Crippen LogP contribution in [0.3, 0.4) is 0 Å². The normalized spacial score (nSPS) is 12.2. The third kappa shape index (κ3) is 7.14. The lowest BCUT2D eigenvalue weighted by atomic mass is 10.0. The van der Waals surface area contributed by atoms with E-state index in [1.165, 1.54) is 13.4 Å². The zero-order valence-electron chi connectivity index (χ0n) is 18.6. The molecule has 0 saturated carbocycles. The summed E-state index contributed by atoms with van der Waals surface area (Å²) in [6, 6.07) is 2.01. The van der Waals surface area contributed by atoms with Gasteiger partial charge in [-0.25, -0.2) is 13.8 Å². The van der Waals surface area contributed by atoms with E-state index in [9.17, 15) is 23.2 Å². The maximum atomic E-state index is 13.3. The summed E-state index contributed by atoms with van der Waals surface area (Å²) in [5.74, 6) is -2.67. The molecule has 174 valence electrons. The number of amides is 2. The second kappa shape index (κ2) is 10.8. The van der Waals surface area contributed by atoms with Gasteiger partial charge in [-0.15, -0.1) is 0 Å². The Morgan fingerprint density at radius 3 is 2.44 bits per heavy atom. The van der Waals surface area contributed by atoms with Crippen LogP contribution < -0.4 is 10.6 Å². The smallest absolute Gasteiger partial charge is 0.307 e. The molecule has 0 saturated heterocycles. The molecule has 0 aliphatic heterocycles. The van der Waals surface area contributed by atoms with Crippen LogP contribution in [0.25, 0.3) is 0 Å². The topological polar surface area (TPSA) is 102 Å². The first-order chi connectivity index (χ1) is 15.0. The molecule has 1 aromatic carbocycles. The number of nitrogens with zero attached hydrogens (tertiary/aromatic N) is 2. The van der Waals surface area contributed by atoms with Crippen LogP contribution >= 0.6 is 0 Å². The zero-order valence-corrected chi connectivity index (χ0v) is 18.6. The number of carbonyl (C=O) groups is 3. The first kappa shape index (κ1) is 25.0. The molecular formula is C22H28F2N4O4. The number of benzene rings is 1. The molecule has 2 N–H and O–H groups in total. The van der Waals surface area contributed by atoms with E-state index in [1.54, 1.807) is 10.8 Å². The van der Waals surface area contributed by atoms with E-state index >= 15 is 0 Å².